The monoisotopic (exact) mass is 292 g/mol. The van der Waals surface area contributed by atoms with E-state index in [9.17, 15) is 19.8 Å². The first-order chi connectivity index (χ1) is 7.61. The van der Waals surface area contributed by atoms with Gasteiger partial charge in [0.25, 0.3) is 0 Å². The molecule has 92 valence electrons. The Morgan fingerprint density at radius 2 is 1.24 bits per heavy atom. The molecule has 0 aromatic rings. The molecule has 6 nitrogen and oxygen atoms in total. The van der Waals surface area contributed by atoms with E-state index in [1.165, 1.54) is 0 Å². The van der Waals surface area contributed by atoms with Gasteiger partial charge in [-0.3, -0.25) is 0 Å². The molecular weight excluding hydrogens is 278 g/mol. The van der Waals surface area contributed by atoms with Gasteiger partial charge < -0.3 is 30.4 Å². The number of rotatable bonds is 2. The molecule has 0 saturated carbocycles. The number of nitrogens with one attached hydrogen (secondary N) is 2. The standard InChI is InChI=1S/2C5H9NO2.Zn/c2*7-5(8)4-2-1-3-6-4;/h2*4,6H,1-3H2,(H,7,8);/q;;+2/p-2. The van der Waals surface area contributed by atoms with Crippen molar-refractivity contribution in [3.05, 3.63) is 0 Å². The van der Waals surface area contributed by atoms with E-state index in [-0.39, 0.29) is 31.6 Å². The predicted octanol–water partition coefficient (Wildman–Crippen LogP) is -3.03. The molecule has 0 spiro atoms. The molecule has 0 amide bonds. The van der Waals surface area contributed by atoms with Gasteiger partial charge in [-0.15, -0.1) is 0 Å². The first-order valence-electron chi connectivity index (χ1n) is 5.49. The van der Waals surface area contributed by atoms with Crippen molar-refractivity contribution in [1.29, 1.82) is 0 Å². The minimum Gasteiger partial charge on any atom is -0.548 e. The van der Waals surface area contributed by atoms with Crippen molar-refractivity contribution in [2.24, 2.45) is 0 Å². The van der Waals surface area contributed by atoms with Gasteiger partial charge in [0, 0.05) is 12.1 Å². The third-order valence-electron chi connectivity index (χ3n) is 2.69. The van der Waals surface area contributed by atoms with E-state index in [1.807, 2.05) is 0 Å². The summed E-state index contributed by atoms with van der Waals surface area (Å²) in [6.07, 6.45) is 3.36. The average Bonchev–Trinajstić information content (AvgIpc) is 2.93. The van der Waals surface area contributed by atoms with Gasteiger partial charge in [-0.05, 0) is 38.8 Å². The number of carbonyl (C=O) groups excluding carboxylic acids is 2. The summed E-state index contributed by atoms with van der Waals surface area (Å²) in [5, 5.41) is 25.6. The Kier molecular flexibility index (Phi) is 8.30. The summed E-state index contributed by atoms with van der Waals surface area (Å²) < 4.78 is 0. The van der Waals surface area contributed by atoms with Gasteiger partial charge >= 0.3 is 19.5 Å². The van der Waals surface area contributed by atoms with Crippen molar-refractivity contribution in [3.63, 3.8) is 0 Å². The van der Waals surface area contributed by atoms with Crippen LogP contribution < -0.4 is 20.8 Å². The molecule has 0 bridgehead atoms. The van der Waals surface area contributed by atoms with Crippen molar-refractivity contribution in [2.75, 3.05) is 13.1 Å². The molecule has 7 heteroatoms. The van der Waals surface area contributed by atoms with Crippen molar-refractivity contribution in [3.8, 4) is 0 Å². The van der Waals surface area contributed by atoms with E-state index >= 15 is 0 Å². The minimum atomic E-state index is -0.970. The summed E-state index contributed by atoms with van der Waals surface area (Å²) in [7, 11) is 0. The topological polar surface area (TPSA) is 104 Å². The number of carboxylic acids is 2. The van der Waals surface area contributed by atoms with Crippen LogP contribution in [0.1, 0.15) is 25.7 Å². The van der Waals surface area contributed by atoms with Crippen LogP contribution in [0.3, 0.4) is 0 Å². The summed E-state index contributed by atoms with van der Waals surface area (Å²) in [5.41, 5.74) is 0. The number of hydrogen-bond acceptors (Lipinski definition) is 6. The van der Waals surface area contributed by atoms with E-state index in [1.54, 1.807) is 0 Å². The molecule has 0 aliphatic carbocycles. The van der Waals surface area contributed by atoms with E-state index in [4.69, 9.17) is 0 Å². The summed E-state index contributed by atoms with van der Waals surface area (Å²) in [5.74, 6) is -1.94. The van der Waals surface area contributed by atoms with E-state index in [0.29, 0.717) is 0 Å². The van der Waals surface area contributed by atoms with Crippen LogP contribution in [0.2, 0.25) is 0 Å². The number of carbonyl (C=O) groups is 2. The fraction of sp³-hybridized carbons (Fsp3) is 0.800. The van der Waals surface area contributed by atoms with Crippen LogP contribution in [-0.2, 0) is 29.1 Å². The number of aliphatic carboxylic acids is 2. The molecular formula is C10H16N2O4Zn. The van der Waals surface area contributed by atoms with Crippen LogP contribution in [-0.4, -0.2) is 37.1 Å². The maximum Gasteiger partial charge on any atom is 2.00 e. The molecule has 2 heterocycles. The van der Waals surface area contributed by atoms with Crippen LogP contribution in [0.4, 0.5) is 0 Å². The van der Waals surface area contributed by atoms with Crippen LogP contribution in [0.15, 0.2) is 0 Å². The Morgan fingerprint density at radius 3 is 1.35 bits per heavy atom. The van der Waals surface area contributed by atoms with Gasteiger partial charge in [-0.25, -0.2) is 0 Å². The van der Waals surface area contributed by atoms with Crippen molar-refractivity contribution < 1.29 is 39.3 Å². The summed E-state index contributed by atoms with van der Waals surface area (Å²) >= 11 is 0. The molecule has 0 radical (unpaired) electrons. The molecule has 2 aliphatic heterocycles. The maximum absolute atomic E-state index is 10.0. The summed E-state index contributed by atoms with van der Waals surface area (Å²) in [6.45, 7) is 1.64. The Labute approximate surface area is 113 Å². The molecule has 2 unspecified atom stereocenters. The molecule has 0 aromatic heterocycles. The first-order valence-corrected chi connectivity index (χ1v) is 5.49. The van der Waals surface area contributed by atoms with E-state index < -0.39 is 11.9 Å². The SMILES string of the molecule is O=C([O-])C1CCCN1.O=C([O-])C1CCCN1.[Zn+2]. The zero-order chi connectivity index (χ0) is 12.0. The third kappa shape index (κ3) is 6.10. The first kappa shape index (κ1) is 16.5. The fourth-order valence-electron chi connectivity index (χ4n) is 1.77. The third-order valence-corrected chi connectivity index (χ3v) is 2.69. The fourth-order valence-corrected chi connectivity index (χ4v) is 1.77. The summed E-state index contributed by atoms with van der Waals surface area (Å²) in [6, 6.07) is -0.759. The van der Waals surface area contributed by atoms with Crippen LogP contribution in [0, 0.1) is 0 Å². The van der Waals surface area contributed by atoms with Crippen LogP contribution >= 0.6 is 0 Å². The van der Waals surface area contributed by atoms with Gasteiger partial charge in [-0.2, -0.15) is 0 Å². The number of carboxylic acid groups (broad SMARTS) is 2. The van der Waals surface area contributed by atoms with Gasteiger partial charge in [0.1, 0.15) is 0 Å². The number of hydrogen-bond donors (Lipinski definition) is 2. The zero-order valence-corrected chi connectivity index (χ0v) is 12.7. The van der Waals surface area contributed by atoms with Gasteiger partial charge in [0.2, 0.25) is 0 Å². The maximum atomic E-state index is 10.0. The molecule has 2 rings (SSSR count). The zero-order valence-electron chi connectivity index (χ0n) is 9.74. The van der Waals surface area contributed by atoms with Crippen LogP contribution in [0.5, 0.6) is 0 Å². The molecule has 2 N–H and O–H groups in total. The predicted molar refractivity (Wildman–Crippen MR) is 52.1 cm³/mol. The molecule has 17 heavy (non-hydrogen) atoms. The minimum absolute atomic E-state index is 0. The second-order valence-electron chi connectivity index (χ2n) is 3.94. The van der Waals surface area contributed by atoms with Crippen molar-refractivity contribution in [1.82, 2.24) is 10.6 Å². The van der Waals surface area contributed by atoms with E-state index in [2.05, 4.69) is 10.6 Å². The molecule has 2 atom stereocenters. The molecule has 2 aliphatic rings. The van der Waals surface area contributed by atoms with Crippen molar-refractivity contribution >= 4 is 11.9 Å². The largest absolute Gasteiger partial charge is 2.00 e. The normalized spacial score (nSPS) is 26.6. The van der Waals surface area contributed by atoms with Crippen molar-refractivity contribution in [2.45, 2.75) is 37.8 Å². The smallest absolute Gasteiger partial charge is 0.548 e. The average molecular weight is 294 g/mol. The molecule has 2 fully saturated rings. The Morgan fingerprint density at radius 1 is 0.882 bits per heavy atom. The second kappa shape index (κ2) is 8.56. The Hall–Kier alpha value is -0.517. The molecule has 2 saturated heterocycles. The van der Waals surface area contributed by atoms with Gasteiger partial charge in [0.15, 0.2) is 0 Å². The van der Waals surface area contributed by atoms with Gasteiger partial charge in [0.05, 0.1) is 11.9 Å². The van der Waals surface area contributed by atoms with Gasteiger partial charge in [-0.1, -0.05) is 0 Å². The van der Waals surface area contributed by atoms with Crippen LogP contribution in [0.25, 0.3) is 0 Å². The Bertz CT molecular complexity index is 225. The second-order valence-corrected chi connectivity index (χ2v) is 3.94. The quantitative estimate of drug-likeness (QED) is 0.525. The molecule has 0 aromatic carbocycles. The van der Waals surface area contributed by atoms with E-state index in [0.717, 1.165) is 38.8 Å². The Balaban J connectivity index is 0.000000284. The summed E-state index contributed by atoms with van der Waals surface area (Å²) in [4.78, 5) is 20.1.